The molecule has 2 N–H and O–H groups in total. The van der Waals surface area contributed by atoms with Gasteiger partial charge in [-0.3, -0.25) is 4.79 Å². The van der Waals surface area contributed by atoms with Crippen LogP contribution in [0.25, 0.3) is 0 Å². The number of carboxylic acid groups (broad SMARTS) is 1. The van der Waals surface area contributed by atoms with Crippen LogP contribution in [0.3, 0.4) is 0 Å². The molecule has 7 nitrogen and oxygen atoms in total. The molecule has 3 rings (SSSR count). The van der Waals surface area contributed by atoms with Crippen LogP contribution in [0.15, 0.2) is 54.6 Å². The molecule has 0 radical (unpaired) electrons. The zero-order valence-electron chi connectivity index (χ0n) is 17.3. The first-order valence-electron chi connectivity index (χ1n) is 10.0. The molecule has 158 valence electrons. The van der Waals surface area contributed by atoms with Gasteiger partial charge in [0.15, 0.2) is 6.23 Å². The third kappa shape index (κ3) is 3.87. The summed E-state index contributed by atoms with van der Waals surface area (Å²) in [7, 11) is 0. The Hall–Kier alpha value is -3.35. The smallest absolute Gasteiger partial charge is 0.335 e. The third-order valence-corrected chi connectivity index (χ3v) is 5.70. The number of β-lactam (4-membered cyclic amide) rings is 1. The number of amides is 3. The average molecular weight is 410 g/mol. The van der Waals surface area contributed by atoms with Crippen molar-refractivity contribution in [1.82, 2.24) is 10.2 Å². The van der Waals surface area contributed by atoms with E-state index in [0.29, 0.717) is 18.6 Å². The van der Waals surface area contributed by atoms with E-state index in [-0.39, 0.29) is 17.5 Å². The zero-order valence-corrected chi connectivity index (χ0v) is 17.3. The highest BCUT2D eigenvalue weighted by molar-refractivity contribution is 6.03. The van der Waals surface area contributed by atoms with Gasteiger partial charge in [-0.05, 0) is 49.6 Å². The number of imide groups is 1. The lowest BCUT2D eigenvalue weighted by molar-refractivity contribution is -0.186. The molecule has 0 spiro atoms. The number of carboxylic acids is 1. The van der Waals surface area contributed by atoms with E-state index in [1.807, 2.05) is 44.2 Å². The van der Waals surface area contributed by atoms with Gasteiger partial charge in [0.25, 0.3) is 0 Å². The van der Waals surface area contributed by atoms with Crippen LogP contribution in [0.1, 0.15) is 55.6 Å². The number of urea groups is 1. The lowest BCUT2D eigenvalue weighted by Crippen LogP contribution is -2.72. The normalized spacial score (nSPS) is 21.5. The molecule has 7 heteroatoms. The highest BCUT2D eigenvalue weighted by atomic mass is 16.5. The molecule has 3 amide bonds. The van der Waals surface area contributed by atoms with Crippen LogP contribution in [0, 0.1) is 5.41 Å². The molecule has 1 aliphatic rings. The molecule has 0 aromatic heterocycles. The lowest BCUT2D eigenvalue weighted by atomic mass is 9.76. The second-order valence-corrected chi connectivity index (χ2v) is 7.57. The number of hydrogen-bond acceptors (Lipinski definition) is 4. The molecule has 0 unspecified atom stereocenters. The van der Waals surface area contributed by atoms with Gasteiger partial charge >= 0.3 is 12.0 Å². The fourth-order valence-corrected chi connectivity index (χ4v) is 3.54. The number of hydrogen-bond donors (Lipinski definition) is 2. The second kappa shape index (κ2) is 8.57. The molecule has 0 aliphatic carbocycles. The van der Waals surface area contributed by atoms with Crippen LogP contribution < -0.4 is 10.1 Å². The Morgan fingerprint density at radius 2 is 1.77 bits per heavy atom. The van der Waals surface area contributed by atoms with Crippen molar-refractivity contribution in [3.8, 4) is 5.75 Å². The summed E-state index contributed by atoms with van der Waals surface area (Å²) in [4.78, 5) is 37.9. The van der Waals surface area contributed by atoms with E-state index in [4.69, 9.17) is 9.84 Å². The molecule has 0 saturated carbocycles. The van der Waals surface area contributed by atoms with Crippen molar-refractivity contribution >= 4 is 17.9 Å². The van der Waals surface area contributed by atoms with Crippen molar-refractivity contribution in [3.05, 3.63) is 65.7 Å². The summed E-state index contributed by atoms with van der Waals surface area (Å²) in [5.41, 5.74) is 0.256. The molecule has 0 bridgehead atoms. The molecule has 30 heavy (non-hydrogen) atoms. The summed E-state index contributed by atoms with van der Waals surface area (Å²) < 4.78 is 5.97. The monoisotopic (exact) mass is 410 g/mol. The van der Waals surface area contributed by atoms with E-state index in [1.54, 1.807) is 6.92 Å². The van der Waals surface area contributed by atoms with Crippen LogP contribution in [0.5, 0.6) is 5.75 Å². The van der Waals surface area contributed by atoms with Gasteiger partial charge in [-0.1, -0.05) is 44.2 Å². The fourth-order valence-electron chi connectivity index (χ4n) is 3.54. The summed E-state index contributed by atoms with van der Waals surface area (Å²) in [5.74, 6) is -0.936. The predicted octanol–water partition coefficient (Wildman–Crippen LogP) is 4.21. The highest BCUT2D eigenvalue weighted by Gasteiger charge is 2.61. The number of nitrogens with one attached hydrogen (secondary N) is 1. The third-order valence-electron chi connectivity index (χ3n) is 5.70. The van der Waals surface area contributed by atoms with Crippen molar-refractivity contribution in [2.75, 3.05) is 0 Å². The molecule has 2 aromatic carbocycles. The highest BCUT2D eigenvalue weighted by Crippen LogP contribution is 2.43. The fraction of sp³-hybridized carbons (Fsp3) is 0.348. The van der Waals surface area contributed by atoms with E-state index >= 15 is 0 Å². The number of benzene rings is 2. The Morgan fingerprint density at radius 1 is 1.13 bits per heavy atom. The maximum absolute atomic E-state index is 13.0. The molecule has 1 heterocycles. The van der Waals surface area contributed by atoms with Crippen LogP contribution in [-0.2, 0) is 4.79 Å². The van der Waals surface area contributed by atoms with Crippen LogP contribution in [0.4, 0.5) is 4.79 Å². The van der Waals surface area contributed by atoms with Crippen molar-refractivity contribution < 1.29 is 24.2 Å². The molecule has 3 atom stereocenters. The first kappa shape index (κ1) is 21.4. The quantitative estimate of drug-likeness (QED) is 0.667. The lowest BCUT2D eigenvalue weighted by Gasteiger charge is -2.51. The van der Waals surface area contributed by atoms with Gasteiger partial charge < -0.3 is 15.2 Å². The Kier molecular flexibility index (Phi) is 6.10. The number of carbonyl (C=O) groups is 3. The minimum absolute atomic E-state index is 0.133. The topological polar surface area (TPSA) is 95.9 Å². The number of carbonyl (C=O) groups excluding carboxylic acids is 2. The van der Waals surface area contributed by atoms with Crippen molar-refractivity contribution in [1.29, 1.82) is 0 Å². The van der Waals surface area contributed by atoms with E-state index in [2.05, 4.69) is 5.32 Å². The first-order valence-corrected chi connectivity index (χ1v) is 10.0. The Balaban J connectivity index is 1.78. The van der Waals surface area contributed by atoms with Gasteiger partial charge in [0.1, 0.15) is 11.2 Å². The van der Waals surface area contributed by atoms with Crippen molar-refractivity contribution in [2.45, 2.75) is 45.9 Å². The minimum Gasteiger partial charge on any atom is -0.478 e. The standard InChI is InChI=1S/C23H26N2O5/c1-4-18(15-9-7-6-8-10-15)24-22(29)25-20(28)23(3,5-2)21(25)30-17-13-11-16(12-14-17)19(26)27/h6-14,18,21H,4-5H2,1-3H3,(H,24,29)(H,26,27)/t18-,21+,23+/m1/s1. The van der Waals surface area contributed by atoms with Gasteiger partial charge in [-0.25, -0.2) is 14.5 Å². The molecule has 1 saturated heterocycles. The summed E-state index contributed by atoms with van der Waals surface area (Å²) in [6.07, 6.45) is 0.396. The summed E-state index contributed by atoms with van der Waals surface area (Å²) in [5, 5.41) is 12.0. The van der Waals surface area contributed by atoms with E-state index in [9.17, 15) is 14.4 Å². The van der Waals surface area contributed by atoms with Gasteiger partial charge in [0.05, 0.1) is 11.6 Å². The van der Waals surface area contributed by atoms with Gasteiger partial charge in [0.2, 0.25) is 5.91 Å². The predicted molar refractivity (Wildman–Crippen MR) is 111 cm³/mol. The molecule has 1 aliphatic heterocycles. The zero-order chi connectivity index (χ0) is 21.9. The number of nitrogens with zero attached hydrogens (tertiary/aromatic N) is 1. The molecular weight excluding hydrogens is 384 g/mol. The molecular formula is C23H26N2O5. The summed E-state index contributed by atoms with van der Waals surface area (Å²) in [6, 6.07) is 14.7. The Morgan fingerprint density at radius 3 is 2.30 bits per heavy atom. The minimum atomic E-state index is -1.04. The largest absolute Gasteiger partial charge is 0.478 e. The number of likely N-dealkylation sites (tertiary alicyclic amines) is 1. The summed E-state index contributed by atoms with van der Waals surface area (Å²) in [6.45, 7) is 5.60. The second-order valence-electron chi connectivity index (χ2n) is 7.57. The molecule has 1 fully saturated rings. The Bertz CT molecular complexity index is 928. The number of aromatic carboxylic acids is 1. The maximum atomic E-state index is 13.0. The number of ether oxygens (including phenoxy) is 1. The molecule has 2 aromatic rings. The number of rotatable bonds is 7. The van der Waals surface area contributed by atoms with E-state index < -0.39 is 23.6 Å². The van der Waals surface area contributed by atoms with Crippen molar-refractivity contribution in [2.24, 2.45) is 5.41 Å². The van der Waals surface area contributed by atoms with E-state index in [0.717, 1.165) is 10.5 Å². The first-order chi connectivity index (χ1) is 14.3. The summed E-state index contributed by atoms with van der Waals surface area (Å²) >= 11 is 0. The van der Waals surface area contributed by atoms with Gasteiger partial charge in [0, 0.05) is 0 Å². The van der Waals surface area contributed by atoms with Crippen molar-refractivity contribution in [3.63, 3.8) is 0 Å². The van der Waals surface area contributed by atoms with Crippen LogP contribution in [0.2, 0.25) is 0 Å². The van der Waals surface area contributed by atoms with Crippen LogP contribution >= 0.6 is 0 Å². The van der Waals surface area contributed by atoms with E-state index in [1.165, 1.54) is 24.3 Å². The van der Waals surface area contributed by atoms with Gasteiger partial charge in [-0.2, -0.15) is 0 Å². The maximum Gasteiger partial charge on any atom is 0.335 e. The average Bonchev–Trinajstić information content (AvgIpc) is 2.77. The van der Waals surface area contributed by atoms with Crippen LogP contribution in [-0.4, -0.2) is 34.1 Å². The van der Waals surface area contributed by atoms with Gasteiger partial charge in [-0.15, -0.1) is 0 Å². The Labute approximate surface area is 175 Å². The SMILES string of the molecule is CC[C@@H](NC(=O)N1C(=O)[C@](C)(CC)[C@@H]1Oc1ccc(C(=O)O)cc1)c1ccccc1.